The predicted octanol–water partition coefficient (Wildman–Crippen LogP) is 2.83. The lowest BCUT2D eigenvalue weighted by Crippen LogP contribution is -2.42. The van der Waals surface area contributed by atoms with E-state index in [1.54, 1.807) is 37.3 Å². The molecular formula is C19H20N2O7. The molecule has 0 saturated carbocycles. The van der Waals surface area contributed by atoms with E-state index in [9.17, 15) is 29.9 Å². The van der Waals surface area contributed by atoms with Gasteiger partial charge in [0, 0.05) is 24.0 Å². The second kappa shape index (κ2) is 9.36. The maximum Gasteiger partial charge on any atom is 0.407 e. The van der Waals surface area contributed by atoms with Crippen molar-refractivity contribution in [1.29, 1.82) is 0 Å². The maximum absolute atomic E-state index is 12.0. The number of nitrogens with zero attached hydrogens (tertiary/aromatic N) is 1. The first-order valence-corrected chi connectivity index (χ1v) is 8.45. The SMILES string of the molecule is CC(COC(=O)NC(Cc1ccc(O)cc1)C(=O)O)c1ccccc1[N+](=O)[O-]. The van der Waals surface area contributed by atoms with Crippen molar-refractivity contribution in [3.05, 3.63) is 69.8 Å². The highest BCUT2D eigenvalue weighted by atomic mass is 16.6. The lowest BCUT2D eigenvalue weighted by Gasteiger charge is -2.17. The first kappa shape index (κ1) is 20.7. The summed E-state index contributed by atoms with van der Waals surface area (Å²) in [5, 5.41) is 31.9. The third kappa shape index (κ3) is 5.70. The Bertz CT molecular complexity index is 852. The number of nitro groups is 1. The molecule has 2 rings (SSSR count). The molecule has 1 amide bonds. The molecular weight excluding hydrogens is 368 g/mol. The summed E-state index contributed by atoms with van der Waals surface area (Å²) in [7, 11) is 0. The molecule has 0 bridgehead atoms. The Morgan fingerprint density at radius 1 is 1.18 bits per heavy atom. The van der Waals surface area contributed by atoms with Gasteiger partial charge < -0.3 is 20.3 Å². The zero-order chi connectivity index (χ0) is 20.7. The molecule has 0 aliphatic heterocycles. The van der Waals surface area contributed by atoms with Crippen LogP contribution in [0.15, 0.2) is 48.5 Å². The minimum atomic E-state index is -1.24. The van der Waals surface area contributed by atoms with Crippen LogP contribution in [0.2, 0.25) is 0 Å². The molecule has 0 spiro atoms. The summed E-state index contributed by atoms with van der Waals surface area (Å²) >= 11 is 0. The van der Waals surface area contributed by atoms with Gasteiger partial charge in [-0.15, -0.1) is 0 Å². The van der Waals surface area contributed by atoms with E-state index in [0.717, 1.165) is 0 Å². The van der Waals surface area contributed by atoms with Crippen molar-refractivity contribution >= 4 is 17.7 Å². The normalized spacial score (nSPS) is 12.6. The molecule has 3 N–H and O–H groups in total. The van der Waals surface area contributed by atoms with Crippen molar-refractivity contribution in [1.82, 2.24) is 5.32 Å². The Balaban J connectivity index is 1.95. The number of phenols is 1. The summed E-state index contributed by atoms with van der Waals surface area (Å²) in [5.74, 6) is -1.64. The van der Waals surface area contributed by atoms with Crippen LogP contribution >= 0.6 is 0 Å². The Morgan fingerprint density at radius 2 is 1.82 bits per heavy atom. The number of nitro benzene ring substituents is 1. The Labute approximate surface area is 160 Å². The van der Waals surface area contributed by atoms with Crippen LogP contribution in [0, 0.1) is 10.1 Å². The Morgan fingerprint density at radius 3 is 2.43 bits per heavy atom. The number of alkyl carbamates (subject to hydrolysis) is 1. The molecule has 0 heterocycles. The highest BCUT2D eigenvalue weighted by molar-refractivity contribution is 5.80. The molecule has 0 saturated heterocycles. The first-order chi connectivity index (χ1) is 13.3. The zero-order valence-electron chi connectivity index (χ0n) is 15.1. The summed E-state index contributed by atoms with van der Waals surface area (Å²) in [6.07, 6.45) is -0.929. The number of benzene rings is 2. The molecule has 148 valence electrons. The van der Waals surface area contributed by atoms with Crippen molar-refractivity contribution in [2.24, 2.45) is 0 Å². The fourth-order valence-corrected chi connectivity index (χ4v) is 2.61. The van der Waals surface area contributed by atoms with Gasteiger partial charge in [0.2, 0.25) is 0 Å². The maximum atomic E-state index is 12.0. The molecule has 0 fully saturated rings. The monoisotopic (exact) mass is 388 g/mol. The van der Waals surface area contributed by atoms with E-state index >= 15 is 0 Å². The molecule has 0 radical (unpaired) electrons. The predicted molar refractivity (Wildman–Crippen MR) is 99.2 cm³/mol. The molecule has 0 aromatic heterocycles. The van der Waals surface area contributed by atoms with E-state index in [4.69, 9.17) is 4.74 Å². The van der Waals surface area contributed by atoms with Gasteiger partial charge in [-0.2, -0.15) is 0 Å². The second-order valence-corrected chi connectivity index (χ2v) is 6.22. The van der Waals surface area contributed by atoms with Crippen molar-refractivity contribution in [3.63, 3.8) is 0 Å². The number of rotatable bonds is 8. The van der Waals surface area contributed by atoms with Crippen molar-refractivity contribution in [2.75, 3.05) is 6.61 Å². The summed E-state index contributed by atoms with van der Waals surface area (Å²) in [4.78, 5) is 34.0. The number of carboxylic acid groups (broad SMARTS) is 1. The third-order valence-electron chi connectivity index (χ3n) is 4.10. The van der Waals surface area contributed by atoms with Crippen LogP contribution in [0.1, 0.15) is 24.0 Å². The smallest absolute Gasteiger partial charge is 0.407 e. The molecule has 9 heteroatoms. The van der Waals surface area contributed by atoms with Gasteiger partial charge in [0.25, 0.3) is 5.69 Å². The van der Waals surface area contributed by atoms with Gasteiger partial charge in [0.1, 0.15) is 18.4 Å². The van der Waals surface area contributed by atoms with Crippen LogP contribution in [0.4, 0.5) is 10.5 Å². The molecule has 2 aromatic rings. The summed E-state index contributed by atoms with van der Waals surface area (Å²) in [5.41, 5.74) is 0.952. The Hall–Kier alpha value is -3.62. The highest BCUT2D eigenvalue weighted by Gasteiger charge is 2.23. The minimum absolute atomic E-state index is 0.00439. The minimum Gasteiger partial charge on any atom is -0.508 e. The lowest BCUT2D eigenvalue weighted by atomic mass is 10.0. The zero-order valence-corrected chi connectivity index (χ0v) is 15.1. The molecule has 2 unspecified atom stereocenters. The number of aromatic hydroxyl groups is 1. The van der Waals surface area contributed by atoms with Crippen LogP contribution in [-0.2, 0) is 16.0 Å². The van der Waals surface area contributed by atoms with Crippen molar-refractivity contribution < 1.29 is 29.5 Å². The van der Waals surface area contributed by atoms with Crippen LogP contribution in [0.25, 0.3) is 0 Å². The molecule has 0 aliphatic rings. The fourth-order valence-electron chi connectivity index (χ4n) is 2.61. The topological polar surface area (TPSA) is 139 Å². The number of hydrogen-bond acceptors (Lipinski definition) is 6. The van der Waals surface area contributed by atoms with E-state index < -0.39 is 28.9 Å². The number of ether oxygens (including phenoxy) is 1. The summed E-state index contributed by atoms with van der Waals surface area (Å²) in [6.45, 7) is 1.52. The number of phenolic OH excluding ortho intramolecular Hbond substituents is 1. The van der Waals surface area contributed by atoms with Crippen molar-refractivity contribution in [3.8, 4) is 5.75 Å². The first-order valence-electron chi connectivity index (χ1n) is 8.45. The standard InChI is InChI=1S/C19H20N2O7/c1-12(15-4-2-3-5-17(15)21(26)27)11-28-19(25)20-16(18(23)24)10-13-6-8-14(22)9-7-13/h2-9,12,16,22H,10-11H2,1H3,(H,20,25)(H,23,24). The van der Waals surface area contributed by atoms with Gasteiger partial charge in [0.05, 0.1) is 4.92 Å². The van der Waals surface area contributed by atoms with E-state index in [2.05, 4.69) is 5.32 Å². The molecule has 28 heavy (non-hydrogen) atoms. The molecule has 0 aliphatic carbocycles. The van der Waals surface area contributed by atoms with E-state index in [1.165, 1.54) is 18.2 Å². The highest BCUT2D eigenvalue weighted by Crippen LogP contribution is 2.26. The fraction of sp³-hybridized carbons (Fsp3) is 0.263. The average Bonchev–Trinajstić information content (AvgIpc) is 2.67. The second-order valence-electron chi connectivity index (χ2n) is 6.22. The van der Waals surface area contributed by atoms with Gasteiger partial charge >= 0.3 is 12.1 Å². The van der Waals surface area contributed by atoms with Gasteiger partial charge in [-0.1, -0.05) is 37.3 Å². The van der Waals surface area contributed by atoms with Crippen LogP contribution in [0.3, 0.4) is 0 Å². The number of nitrogens with one attached hydrogen (secondary N) is 1. The van der Waals surface area contributed by atoms with Gasteiger partial charge in [0.15, 0.2) is 0 Å². The third-order valence-corrected chi connectivity index (χ3v) is 4.10. The number of aliphatic carboxylic acids is 1. The number of carboxylic acids is 1. The molecule has 9 nitrogen and oxygen atoms in total. The van der Waals surface area contributed by atoms with Gasteiger partial charge in [-0.25, -0.2) is 9.59 Å². The quantitative estimate of drug-likeness (QED) is 0.467. The van der Waals surface area contributed by atoms with Crippen LogP contribution in [0.5, 0.6) is 5.75 Å². The lowest BCUT2D eigenvalue weighted by molar-refractivity contribution is -0.385. The molecule has 2 aromatic carbocycles. The molecule has 2 atom stereocenters. The van der Waals surface area contributed by atoms with Crippen LogP contribution < -0.4 is 5.32 Å². The van der Waals surface area contributed by atoms with Gasteiger partial charge in [-0.05, 0) is 17.7 Å². The van der Waals surface area contributed by atoms with Crippen molar-refractivity contribution in [2.45, 2.75) is 25.3 Å². The van der Waals surface area contributed by atoms with E-state index in [0.29, 0.717) is 11.1 Å². The Kier molecular flexibility index (Phi) is 6.91. The summed E-state index contributed by atoms with van der Waals surface area (Å²) < 4.78 is 5.05. The number of para-hydroxylation sites is 1. The average molecular weight is 388 g/mol. The largest absolute Gasteiger partial charge is 0.508 e. The number of amides is 1. The number of carbonyl (C=O) groups is 2. The van der Waals surface area contributed by atoms with Crippen LogP contribution in [-0.4, -0.2) is 39.8 Å². The number of carbonyl (C=O) groups excluding carboxylic acids is 1. The van der Waals surface area contributed by atoms with E-state index in [-0.39, 0.29) is 24.5 Å². The van der Waals surface area contributed by atoms with Gasteiger partial charge in [-0.3, -0.25) is 10.1 Å². The van der Waals surface area contributed by atoms with E-state index in [1.807, 2.05) is 0 Å². The number of hydrogen-bond donors (Lipinski definition) is 3. The summed E-state index contributed by atoms with van der Waals surface area (Å²) in [6, 6.07) is 10.9.